The number of nitrogens with zero attached hydrogens (tertiary/aromatic N) is 4. The third-order valence-electron chi connectivity index (χ3n) is 6.70. The second-order valence-electron chi connectivity index (χ2n) is 8.45. The third-order valence-corrected chi connectivity index (χ3v) is 6.70. The molecule has 5 rings (SSSR count). The minimum Gasteiger partial charge on any atom is -0.446 e. The Morgan fingerprint density at radius 1 is 1.32 bits per heavy atom. The lowest BCUT2D eigenvalue weighted by atomic mass is 9.92. The number of oxazole rings is 1. The topological polar surface area (TPSA) is 120 Å². The molecule has 1 aliphatic carbocycles. The van der Waals surface area contributed by atoms with E-state index in [0.717, 1.165) is 19.3 Å². The number of aryl methyl sites for hydroxylation is 1. The molecule has 9 nitrogen and oxygen atoms in total. The molecule has 2 atom stereocenters. The Hall–Kier alpha value is -3.14. The Kier molecular flexibility index (Phi) is 4.62. The van der Waals surface area contributed by atoms with Gasteiger partial charge in [-0.25, -0.2) is 14.2 Å². The van der Waals surface area contributed by atoms with Crippen LogP contribution in [0.5, 0.6) is 0 Å². The number of hydrogen-bond acceptors (Lipinski definition) is 7. The molecule has 2 unspecified atom stereocenters. The minimum absolute atomic E-state index is 0.0550. The molecule has 1 aromatic carbocycles. The molecule has 2 fully saturated rings. The van der Waals surface area contributed by atoms with Gasteiger partial charge >= 0.3 is 5.69 Å². The first kappa shape index (κ1) is 19.8. The number of nitrogens with two attached hydrogens (primary N) is 1. The van der Waals surface area contributed by atoms with Crippen molar-refractivity contribution in [1.82, 2.24) is 14.2 Å². The van der Waals surface area contributed by atoms with Crippen molar-refractivity contribution in [1.29, 1.82) is 0 Å². The number of hydrogen-bond donors (Lipinski definition) is 2. The zero-order valence-corrected chi connectivity index (χ0v) is 17.1. The summed E-state index contributed by atoms with van der Waals surface area (Å²) >= 11 is 0. The maximum absolute atomic E-state index is 15.3. The summed E-state index contributed by atoms with van der Waals surface area (Å²) < 4.78 is 22.6. The van der Waals surface area contributed by atoms with E-state index in [9.17, 15) is 14.7 Å². The van der Waals surface area contributed by atoms with E-state index in [4.69, 9.17) is 10.3 Å². The quantitative estimate of drug-likeness (QED) is 0.605. The number of rotatable bonds is 4. The number of fused-ring (bicyclic) bond motifs is 1. The molecule has 3 N–H and O–H groups in total. The number of benzene rings is 1. The zero-order chi connectivity index (χ0) is 21.9. The minimum atomic E-state index is -0.888. The lowest BCUT2D eigenvalue weighted by Gasteiger charge is -2.31. The van der Waals surface area contributed by atoms with Gasteiger partial charge in [0.2, 0.25) is 5.89 Å². The second-order valence-corrected chi connectivity index (χ2v) is 8.45. The van der Waals surface area contributed by atoms with Gasteiger partial charge in [0.25, 0.3) is 5.56 Å². The number of anilines is 1. The van der Waals surface area contributed by atoms with E-state index in [-0.39, 0.29) is 23.2 Å². The van der Waals surface area contributed by atoms with E-state index in [2.05, 4.69) is 4.98 Å². The second kappa shape index (κ2) is 7.23. The first-order valence-electron chi connectivity index (χ1n) is 10.5. The largest absolute Gasteiger partial charge is 0.446 e. The van der Waals surface area contributed by atoms with Crippen LogP contribution < -0.4 is 22.0 Å². The molecule has 31 heavy (non-hydrogen) atoms. The fourth-order valence-corrected chi connectivity index (χ4v) is 4.86. The Morgan fingerprint density at radius 2 is 2.10 bits per heavy atom. The van der Waals surface area contributed by atoms with Crippen LogP contribution in [0.4, 0.5) is 10.1 Å². The number of aliphatic hydroxyl groups excluding tert-OH is 1. The molecule has 2 aromatic heterocycles. The molecule has 0 spiro atoms. The van der Waals surface area contributed by atoms with Gasteiger partial charge in [-0.3, -0.25) is 9.36 Å². The van der Waals surface area contributed by atoms with Gasteiger partial charge in [0.15, 0.2) is 0 Å². The lowest BCUT2D eigenvalue weighted by molar-refractivity contribution is 0.0900. The van der Waals surface area contributed by atoms with Crippen LogP contribution in [0.1, 0.15) is 49.3 Å². The molecule has 10 heteroatoms. The van der Waals surface area contributed by atoms with Crippen molar-refractivity contribution < 1.29 is 13.9 Å². The van der Waals surface area contributed by atoms with Crippen molar-refractivity contribution in [3.05, 3.63) is 56.6 Å². The average molecular weight is 429 g/mol. The maximum Gasteiger partial charge on any atom is 0.350 e. The summed E-state index contributed by atoms with van der Waals surface area (Å²) in [5.41, 5.74) is 0.0259. The summed E-state index contributed by atoms with van der Waals surface area (Å²) in [6.07, 6.45) is 5.23. The van der Waals surface area contributed by atoms with E-state index < -0.39 is 23.2 Å². The van der Waals surface area contributed by atoms with E-state index in [0.29, 0.717) is 41.0 Å². The van der Waals surface area contributed by atoms with Crippen LogP contribution in [0.2, 0.25) is 0 Å². The monoisotopic (exact) mass is 429 g/mol. The fourth-order valence-electron chi connectivity index (χ4n) is 4.86. The van der Waals surface area contributed by atoms with Gasteiger partial charge in [-0.15, -0.1) is 0 Å². The summed E-state index contributed by atoms with van der Waals surface area (Å²) in [5, 5.41) is 10.7. The van der Waals surface area contributed by atoms with Crippen LogP contribution in [0, 0.1) is 18.7 Å². The van der Waals surface area contributed by atoms with Crippen molar-refractivity contribution in [2.45, 2.75) is 44.8 Å². The maximum atomic E-state index is 15.3. The van der Waals surface area contributed by atoms with Crippen molar-refractivity contribution >= 4 is 16.6 Å². The van der Waals surface area contributed by atoms with Gasteiger partial charge in [0.05, 0.1) is 22.8 Å². The molecule has 1 aliphatic heterocycles. The summed E-state index contributed by atoms with van der Waals surface area (Å²) in [6.45, 7) is 2.65. The van der Waals surface area contributed by atoms with Crippen LogP contribution >= 0.6 is 0 Å². The molecule has 0 bridgehead atoms. The first-order valence-corrected chi connectivity index (χ1v) is 10.5. The highest BCUT2D eigenvalue weighted by molar-refractivity contribution is 5.87. The number of halogens is 1. The van der Waals surface area contributed by atoms with Crippen LogP contribution in [0.25, 0.3) is 10.9 Å². The Morgan fingerprint density at radius 3 is 2.74 bits per heavy atom. The van der Waals surface area contributed by atoms with Crippen molar-refractivity contribution in [2.75, 3.05) is 23.8 Å². The highest BCUT2D eigenvalue weighted by atomic mass is 19.1. The summed E-state index contributed by atoms with van der Waals surface area (Å²) in [4.78, 5) is 31.3. The molecule has 0 radical (unpaired) electrons. The van der Waals surface area contributed by atoms with Crippen LogP contribution in [-0.2, 0) is 0 Å². The number of aliphatic hydroxyl groups is 1. The molecule has 0 amide bonds. The van der Waals surface area contributed by atoms with Crippen molar-refractivity contribution in [2.24, 2.45) is 5.92 Å². The van der Waals surface area contributed by atoms with E-state index in [1.807, 2.05) is 4.90 Å². The summed E-state index contributed by atoms with van der Waals surface area (Å²) in [5.74, 6) is 5.23. The predicted molar refractivity (Wildman–Crippen MR) is 112 cm³/mol. The molecule has 1 saturated heterocycles. The summed E-state index contributed by atoms with van der Waals surface area (Å²) in [6, 6.07) is 1.12. The molecule has 164 valence electrons. The van der Waals surface area contributed by atoms with Crippen LogP contribution in [-0.4, -0.2) is 32.4 Å². The lowest BCUT2D eigenvalue weighted by Crippen LogP contribution is -2.47. The fraction of sp³-hybridized carbons (Fsp3) is 0.476. The Bertz CT molecular complexity index is 1260. The zero-order valence-electron chi connectivity index (χ0n) is 17.1. The predicted octanol–water partition coefficient (Wildman–Crippen LogP) is 1.60. The van der Waals surface area contributed by atoms with Gasteiger partial charge < -0.3 is 20.3 Å². The molecular formula is C21H24FN5O4. The molecule has 1 saturated carbocycles. The van der Waals surface area contributed by atoms with E-state index >= 15 is 4.39 Å². The highest BCUT2D eigenvalue weighted by Gasteiger charge is 2.34. The number of aromatic nitrogens is 3. The van der Waals surface area contributed by atoms with Gasteiger partial charge in [-0.1, -0.05) is 0 Å². The number of nitrogen functional groups attached to an aromatic ring is 1. The van der Waals surface area contributed by atoms with Crippen LogP contribution in [0.3, 0.4) is 0 Å². The molecular weight excluding hydrogens is 405 g/mol. The van der Waals surface area contributed by atoms with E-state index in [1.54, 1.807) is 11.5 Å². The van der Waals surface area contributed by atoms with Crippen molar-refractivity contribution in [3.8, 4) is 0 Å². The van der Waals surface area contributed by atoms with Crippen LogP contribution in [0.15, 0.2) is 32.5 Å². The average Bonchev–Trinajstić information content (AvgIpc) is 3.40. The molecule has 2 aliphatic rings. The molecule has 3 heterocycles. The Labute approximate surface area is 176 Å². The van der Waals surface area contributed by atoms with Gasteiger partial charge in [0, 0.05) is 30.6 Å². The van der Waals surface area contributed by atoms with Crippen molar-refractivity contribution in [3.63, 3.8) is 0 Å². The van der Waals surface area contributed by atoms with Gasteiger partial charge in [-0.05, 0) is 38.7 Å². The van der Waals surface area contributed by atoms with Gasteiger partial charge in [0.1, 0.15) is 18.2 Å². The summed E-state index contributed by atoms with van der Waals surface area (Å²) in [7, 11) is 0. The highest BCUT2D eigenvalue weighted by Crippen LogP contribution is 2.39. The SMILES string of the molecule is Cc1c(N2CCC(C(O)c3ncco3)C2)c(F)cc2c(=O)n(N)c(=O)n(C3CCC3)c12. The third kappa shape index (κ3) is 2.96. The van der Waals surface area contributed by atoms with E-state index in [1.165, 1.54) is 18.5 Å². The normalized spacial score (nSPS) is 20.4. The smallest absolute Gasteiger partial charge is 0.350 e. The molecule has 3 aromatic rings. The Balaban J connectivity index is 1.61. The standard InChI is InChI=1S/C21H24FN5O4/c1-11-16-14(20(29)27(23)21(30)26(16)13-3-2-4-13)9-15(22)17(11)25-7-5-12(10-25)18(28)19-24-6-8-31-19/h6,8-9,12-13,18,28H,2-5,7,10,23H2,1H3. The van der Waals surface area contributed by atoms with Gasteiger partial charge in [-0.2, -0.15) is 4.68 Å². The first-order chi connectivity index (χ1) is 14.9.